The number of para-hydroxylation sites is 1. The molecule has 0 radical (unpaired) electrons. The fourth-order valence-electron chi connectivity index (χ4n) is 4.00. The molecule has 2 heterocycles. The summed E-state index contributed by atoms with van der Waals surface area (Å²) in [4.78, 5) is 25.8. The third-order valence-corrected chi connectivity index (χ3v) is 5.57. The van der Waals surface area contributed by atoms with E-state index in [0.29, 0.717) is 16.7 Å². The Hall–Kier alpha value is -3.02. The summed E-state index contributed by atoms with van der Waals surface area (Å²) in [5, 5.41) is 0. The first-order valence-electron chi connectivity index (χ1n) is 9.65. The van der Waals surface area contributed by atoms with Crippen LogP contribution in [0.15, 0.2) is 35.1 Å². The monoisotopic (exact) mass is 380 g/mol. The first kappa shape index (κ1) is 19.7. The first-order chi connectivity index (χ1) is 13.3. The van der Waals surface area contributed by atoms with Crippen molar-refractivity contribution in [3.8, 4) is 16.8 Å². The van der Waals surface area contributed by atoms with E-state index in [1.165, 1.54) is 0 Å². The van der Waals surface area contributed by atoms with Gasteiger partial charge < -0.3 is 10.3 Å². The number of amides is 1. The van der Waals surface area contributed by atoms with Crippen molar-refractivity contribution in [2.24, 2.45) is 12.8 Å². The van der Waals surface area contributed by atoms with Gasteiger partial charge in [-0.1, -0.05) is 31.5 Å². The molecule has 28 heavy (non-hydrogen) atoms. The minimum Gasteiger partial charge on any atom is -0.366 e. The summed E-state index contributed by atoms with van der Waals surface area (Å²) in [5.74, 6) is -0.500. The van der Waals surface area contributed by atoms with E-state index in [0.717, 1.165) is 42.2 Å². The molecule has 0 aliphatic rings. The van der Waals surface area contributed by atoms with Crippen LogP contribution in [0.2, 0.25) is 0 Å². The van der Waals surface area contributed by atoms with Crippen molar-refractivity contribution >= 4 is 5.91 Å². The highest BCUT2D eigenvalue weighted by atomic mass is 16.1. The molecule has 6 heteroatoms. The zero-order valence-electron chi connectivity index (χ0n) is 17.2. The van der Waals surface area contributed by atoms with Crippen LogP contribution in [-0.4, -0.2) is 19.8 Å². The number of nitrogens with zero attached hydrogens (tertiary/aromatic N) is 3. The first-order valence-corrected chi connectivity index (χ1v) is 9.65. The highest BCUT2D eigenvalue weighted by molar-refractivity contribution is 6.02. The lowest BCUT2D eigenvalue weighted by Gasteiger charge is -2.08. The molecule has 2 aromatic heterocycles. The quantitative estimate of drug-likeness (QED) is 0.711. The van der Waals surface area contributed by atoms with Gasteiger partial charge >= 0.3 is 0 Å². The van der Waals surface area contributed by atoms with E-state index in [1.807, 2.05) is 62.8 Å². The van der Waals surface area contributed by atoms with E-state index in [2.05, 4.69) is 11.5 Å². The lowest BCUT2D eigenvalue weighted by Crippen LogP contribution is -2.20. The van der Waals surface area contributed by atoms with Crippen molar-refractivity contribution in [1.29, 1.82) is 0 Å². The molecule has 0 unspecified atom stereocenters. The third kappa shape index (κ3) is 2.99. The molecule has 148 valence electrons. The lowest BCUT2D eigenvalue weighted by atomic mass is 10.0. The molecule has 0 bridgehead atoms. The molecule has 0 aliphatic heterocycles. The van der Waals surface area contributed by atoms with Gasteiger partial charge in [0.05, 0.1) is 16.8 Å². The maximum absolute atomic E-state index is 13.5. The summed E-state index contributed by atoms with van der Waals surface area (Å²) in [6.45, 7) is 8.69. The largest absolute Gasteiger partial charge is 0.366 e. The number of unbranched alkanes of at least 4 members (excludes halogenated alkanes) is 1. The summed E-state index contributed by atoms with van der Waals surface area (Å²) in [6, 6.07) is 9.50. The Bertz CT molecular complexity index is 1080. The molecule has 0 fully saturated rings. The van der Waals surface area contributed by atoms with Crippen LogP contribution < -0.4 is 11.3 Å². The molecule has 1 amide bonds. The van der Waals surface area contributed by atoms with Crippen LogP contribution in [0.3, 0.4) is 0 Å². The molecule has 0 aliphatic carbocycles. The van der Waals surface area contributed by atoms with E-state index >= 15 is 0 Å². The Balaban J connectivity index is 2.34. The predicted octanol–water partition coefficient (Wildman–Crippen LogP) is 3.47. The number of carbonyl (C=O) groups is 1. The molecular weight excluding hydrogens is 352 g/mol. The van der Waals surface area contributed by atoms with Gasteiger partial charge in [0, 0.05) is 36.2 Å². The molecule has 0 atom stereocenters. The van der Waals surface area contributed by atoms with Gasteiger partial charge in [0.2, 0.25) is 0 Å². The second kappa shape index (κ2) is 7.54. The molecular formula is C22H28N4O2. The van der Waals surface area contributed by atoms with Gasteiger partial charge in [0.1, 0.15) is 0 Å². The molecule has 6 nitrogen and oxygen atoms in total. The van der Waals surface area contributed by atoms with Crippen LogP contribution in [0, 0.1) is 20.8 Å². The normalized spacial score (nSPS) is 11.2. The fourth-order valence-corrected chi connectivity index (χ4v) is 4.00. The minimum atomic E-state index is -0.500. The Kier molecular flexibility index (Phi) is 5.31. The van der Waals surface area contributed by atoms with Crippen LogP contribution in [0.4, 0.5) is 0 Å². The van der Waals surface area contributed by atoms with E-state index in [9.17, 15) is 9.59 Å². The molecule has 1 aromatic carbocycles. The summed E-state index contributed by atoms with van der Waals surface area (Å²) in [5.41, 5.74) is 10.6. The summed E-state index contributed by atoms with van der Waals surface area (Å²) < 4.78 is 5.57. The van der Waals surface area contributed by atoms with Crippen LogP contribution >= 0.6 is 0 Å². The van der Waals surface area contributed by atoms with Gasteiger partial charge in [-0.25, -0.2) is 4.68 Å². The lowest BCUT2D eigenvalue weighted by molar-refractivity contribution is 0.1000. The van der Waals surface area contributed by atoms with Crippen molar-refractivity contribution < 1.29 is 4.79 Å². The number of carbonyl (C=O) groups excluding carboxylic acids is 1. The number of hydrogen-bond donors (Lipinski definition) is 1. The topological polar surface area (TPSA) is 74.9 Å². The molecule has 3 aromatic rings. The number of primary amides is 1. The van der Waals surface area contributed by atoms with Gasteiger partial charge in [0.15, 0.2) is 0 Å². The van der Waals surface area contributed by atoms with Crippen molar-refractivity contribution in [1.82, 2.24) is 13.9 Å². The highest BCUT2D eigenvalue weighted by Gasteiger charge is 2.28. The Morgan fingerprint density at radius 2 is 1.64 bits per heavy atom. The minimum absolute atomic E-state index is 0.149. The maximum Gasteiger partial charge on any atom is 0.279 e. The number of rotatable bonds is 6. The molecule has 0 saturated heterocycles. The summed E-state index contributed by atoms with van der Waals surface area (Å²) in [7, 11) is 1.85. The van der Waals surface area contributed by atoms with Gasteiger partial charge in [-0.3, -0.25) is 14.3 Å². The van der Waals surface area contributed by atoms with E-state index in [4.69, 9.17) is 5.73 Å². The summed E-state index contributed by atoms with van der Waals surface area (Å²) in [6.07, 6.45) is 2.04. The van der Waals surface area contributed by atoms with Gasteiger partial charge in [-0.2, -0.15) is 0 Å². The van der Waals surface area contributed by atoms with Crippen LogP contribution in [0.25, 0.3) is 16.8 Å². The Morgan fingerprint density at radius 3 is 2.21 bits per heavy atom. The standard InChI is InChI=1S/C22H28N4O2/c1-6-7-13-25-15(3)18(19(16(25)4)21(23)27)20-14(2)24(5)26(22(20)28)17-11-9-8-10-12-17/h8-12H,6-7,13H2,1-5H3,(H2,23,27). The predicted molar refractivity (Wildman–Crippen MR) is 112 cm³/mol. The number of hydrogen-bond acceptors (Lipinski definition) is 2. The van der Waals surface area contributed by atoms with Crippen LogP contribution in [-0.2, 0) is 13.6 Å². The van der Waals surface area contributed by atoms with Gasteiger partial charge in [-0.05, 0) is 39.3 Å². The fraction of sp³-hybridized carbons (Fsp3) is 0.364. The molecule has 3 rings (SSSR count). The van der Waals surface area contributed by atoms with Crippen molar-refractivity contribution in [3.05, 3.63) is 63.3 Å². The van der Waals surface area contributed by atoms with Gasteiger partial charge in [-0.15, -0.1) is 0 Å². The third-order valence-electron chi connectivity index (χ3n) is 5.57. The second-order valence-corrected chi connectivity index (χ2v) is 7.23. The van der Waals surface area contributed by atoms with E-state index in [-0.39, 0.29) is 5.56 Å². The number of nitrogens with two attached hydrogens (primary N) is 1. The SMILES string of the molecule is CCCCn1c(C)c(C(N)=O)c(-c2c(C)n(C)n(-c3ccccc3)c2=O)c1C. The number of aromatic nitrogens is 3. The van der Waals surface area contributed by atoms with Crippen molar-refractivity contribution in [3.63, 3.8) is 0 Å². The molecule has 2 N–H and O–H groups in total. The second-order valence-electron chi connectivity index (χ2n) is 7.23. The molecule has 0 saturated carbocycles. The van der Waals surface area contributed by atoms with Crippen molar-refractivity contribution in [2.45, 2.75) is 47.1 Å². The van der Waals surface area contributed by atoms with Crippen LogP contribution in [0.1, 0.15) is 47.2 Å². The van der Waals surface area contributed by atoms with Gasteiger partial charge in [0.25, 0.3) is 11.5 Å². The summed E-state index contributed by atoms with van der Waals surface area (Å²) >= 11 is 0. The van der Waals surface area contributed by atoms with Crippen molar-refractivity contribution in [2.75, 3.05) is 0 Å². The average Bonchev–Trinajstić information content (AvgIpc) is 3.03. The van der Waals surface area contributed by atoms with E-state index < -0.39 is 5.91 Å². The zero-order chi connectivity index (χ0) is 20.6. The molecule has 0 spiro atoms. The van der Waals surface area contributed by atoms with Crippen LogP contribution in [0.5, 0.6) is 0 Å². The Labute approximate surface area is 165 Å². The maximum atomic E-state index is 13.5. The average molecular weight is 380 g/mol. The number of benzene rings is 1. The zero-order valence-corrected chi connectivity index (χ0v) is 17.2. The highest BCUT2D eigenvalue weighted by Crippen LogP contribution is 2.33. The Morgan fingerprint density at radius 1 is 1.00 bits per heavy atom. The smallest absolute Gasteiger partial charge is 0.279 e. The van der Waals surface area contributed by atoms with E-state index in [1.54, 1.807) is 4.68 Å².